The predicted molar refractivity (Wildman–Crippen MR) is 57.1 cm³/mol. The Balaban J connectivity index is 0.00000169. The molecule has 6 heteroatoms. The molecule has 0 radical (unpaired) electrons. The van der Waals surface area contributed by atoms with Gasteiger partial charge in [0.1, 0.15) is 0 Å². The number of rotatable bonds is 2. The zero-order valence-electron chi connectivity index (χ0n) is 6.89. The number of halogens is 4. The van der Waals surface area contributed by atoms with E-state index in [0.29, 0.717) is 0 Å². The van der Waals surface area contributed by atoms with Gasteiger partial charge >= 0.3 is 0 Å². The normalized spacial score (nSPS) is 9.43. The highest BCUT2D eigenvalue weighted by molar-refractivity contribution is 6.35. The molecule has 78 valence electrons. The molecule has 0 atom stereocenters. The average Bonchev–Trinajstić information content (AvgIpc) is 2.12. The third-order valence-corrected chi connectivity index (χ3v) is 2.04. The van der Waals surface area contributed by atoms with Gasteiger partial charge in [-0.1, -0.05) is 23.2 Å². The molecular formula is C8H7Cl3FNO. The van der Waals surface area contributed by atoms with E-state index in [2.05, 4.69) is 0 Å². The van der Waals surface area contributed by atoms with Crippen molar-refractivity contribution in [3.63, 3.8) is 0 Å². The molecule has 0 fully saturated rings. The van der Waals surface area contributed by atoms with Crippen LogP contribution in [-0.2, 0) is 0 Å². The largest absolute Gasteiger partial charge is 0.324 e. The summed E-state index contributed by atoms with van der Waals surface area (Å²) in [5.74, 6) is -1.05. The van der Waals surface area contributed by atoms with E-state index in [1.165, 1.54) is 12.1 Å². The lowest BCUT2D eigenvalue weighted by Crippen LogP contribution is -2.13. The third-order valence-electron chi connectivity index (χ3n) is 1.49. The van der Waals surface area contributed by atoms with Crippen LogP contribution in [0.3, 0.4) is 0 Å². The molecule has 2 nitrogen and oxygen atoms in total. The summed E-state index contributed by atoms with van der Waals surface area (Å²) in [6, 6.07) is 2.41. The van der Waals surface area contributed by atoms with Crippen LogP contribution in [-0.4, -0.2) is 12.3 Å². The highest BCUT2D eigenvalue weighted by atomic mass is 35.5. The lowest BCUT2D eigenvalue weighted by Gasteiger charge is -2.01. The Morgan fingerprint density at radius 2 is 1.79 bits per heavy atom. The van der Waals surface area contributed by atoms with Crippen molar-refractivity contribution in [1.29, 1.82) is 0 Å². The monoisotopic (exact) mass is 257 g/mol. The molecule has 0 saturated carbocycles. The lowest BCUT2D eigenvalue weighted by atomic mass is 10.1. The number of carbonyl (C=O) groups is 1. The maximum absolute atomic E-state index is 12.9. The molecule has 2 N–H and O–H groups in total. The van der Waals surface area contributed by atoms with Crippen LogP contribution < -0.4 is 5.73 Å². The van der Waals surface area contributed by atoms with Gasteiger partial charge in [0.25, 0.3) is 0 Å². The van der Waals surface area contributed by atoms with Crippen molar-refractivity contribution in [2.45, 2.75) is 0 Å². The first-order valence-electron chi connectivity index (χ1n) is 3.44. The van der Waals surface area contributed by atoms with Crippen molar-refractivity contribution in [2.24, 2.45) is 5.73 Å². The fraction of sp³-hybridized carbons (Fsp3) is 0.125. The van der Waals surface area contributed by atoms with Crippen LogP contribution in [0.5, 0.6) is 0 Å². The number of hydrogen-bond donors (Lipinski definition) is 1. The van der Waals surface area contributed by atoms with Crippen LogP contribution in [0, 0.1) is 5.82 Å². The highest BCUT2D eigenvalue weighted by Crippen LogP contribution is 2.24. The Kier molecular flexibility index (Phi) is 5.37. The molecule has 0 heterocycles. The minimum Gasteiger partial charge on any atom is -0.324 e. The van der Waals surface area contributed by atoms with Crippen LogP contribution >= 0.6 is 35.6 Å². The van der Waals surface area contributed by atoms with Crippen LogP contribution in [0.4, 0.5) is 4.39 Å². The second kappa shape index (κ2) is 5.51. The Morgan fingerprint density at radius 1 is 1.36 bits per heavy atom. The van der Waals surface area contributed by atoms with Gasteiger partial charge in [-0.15, -0.1) is 12.4 Å². The Bertz CT molecular complexity index is 333. The highest BCUT2D eigenvalue weighted by Gasteiger charge is 2.11. The Morgan fingerprint density at radius 3 is 2.14 bits per heavy atom. The van der Waals surface area contributed by atoms with E-state index in [0.717, 1.165) is 0 Å². The van der Waals surface area contributed by atoms with E-state index in [4.69, 9.17) is 28.9 Å². The van der Waals surface area contributed by atoms with Crippen LogP contribution in [0.25, 0.3) is 0 Å². The van der Waals surface area contributed by atoms with Gasteiger partial charge in [0.05, 0.1) is 16.6 Å². The van der Waals surface area contributed by atoms with E-state index < -0.39 is 5.82 Å². The molecule has 1 aromatic carbocycles. The van der Waals surface area contributed by atoms with E-state index in [-0.39, 0.29) is 40.3 Å². The standard InChI is InChI=1S/C8H6Cl2FNO.ClH/c9-5-1-4(7(13)3-12)2-6(10)8(5)11;/h1-2H,3,12H2;1H. The zero-order chi connectivity index (χ0) is 10.0. The number of carbonyl (C=O) groups excluding carboxylic acids is 1. The van der Waals surface area contributed by atoms with Crippen LogP contribution in [0.2, 0.25) is 10.0 Å². The molecule has 0 aliphatic carbocycles. The maximum Gasteiger partial charge on any atom is 0.176 e. The van der Waals surface area contributed by atoms with Crippen LogP contribution in [0.15, 0.2) is 12.1 Å². The fourth-order valence-electron chi connectivity index (χ4n) is 0.834. The van der Waals surface area contributed by atoms with Gasteiger partial charge in [-0.25, -0.2) is 4.39 Å². The summed E-state index contributed by atoms with van der Waals surface area (Å²) in [6.45, 7) is -0.154. The number of Topliss-reactive ketones (excluding diaryl/α,β-unsaturated/α-hetero) is 1. The third kappa shape index (κ3) is 2.82. The lowest BCUT2D eigenvalue weighted by molar-refractivity contribution is 0.100. The number of benzene rings is 1. The summed E-state index contributed by atoms with van der Waals surface area (Å²) in [6.07, 6.45) is 0. The Hall–Kier alpha value is -0.350. The van der Waals surface area contributed by atoms with Crippen molar-refractivity contribution in [2.75, 3.05) is 6.54 Å². The first kappa shape index (κ1) is 13.7. The quantitative estimate of drug-likeness (QED) is 0.655. The summed E-state index contributed by atoms with van der Waals surface area (Å²) in [4.78, 5) is 11.1. The topological polar surface area (TPSA) is 43.1 Å². The van der Waals surface area contributed by atoms with Gasteiger partial charge < -0.3 is 5.73 Å². The molecule has 0 aliphatic rings. The van der Waals surface area contributed by atoms with Crippen molar-refractivity contribution < 1.29 is 9.18 Å². The minimum atomic E-state index is -0.725. The summed E-state index contributed by atoms with van der Waals surface area (Å²) in [5.41, 5.74) is 5.33. The van der Waals surface area contributed by atoms with Gasteiger partial charge in [-0.3, -0.25) is 4.79 Å². The van der Waals surface area contributed by atoms with Crippen molar-refractivity contribution >= 4 is 41.4 Å². The van der Waals surface area contributed by atoms with Crippen molar-refractivity contribution in [1.82, 2.24) is 0 Å². The molecule has 0 bridgehead atoms. The SMILES string of the molecule is Cl.NCC(=O)c1cc(Cl)c(F)c(Cl)c1. The van der Waals surface area contributed by atoms with E-state index in [1.54, 1.807) is 0 Å². The first-order valence-corrected chi connectivity index (χ1v) is 4.19. The molecule has 0 spiro atoms. The molecule has 0 amide bonds. The van der Waals surface area contributed by atoms with Crippen molar-refractivity contribution in [3.8, 4) is 0 Å². The molecule has 1 rings (SSSR count). The first-order chi connectivity index (χ1) is 6.06. The van der Waals surface area contributed by atoms with E-state index >= 15 is 0 Å². The number of hydrogen-bond acceptors (Lipinski definition) is 2. The molecular weight excluding hydrogens is 251 g/mol. The zero-order valence-corrected chi connectivity index (χ0v) is 9.22. The van der Waals surface area contributed by atoms with E-state index in [1.807, 2.05) is 0 Å². The number of nitrogens with two attached hydrogens (primary N) is 1. The van der Waals surface area contributed by atoms with Gasteiger partial charge in [0.2, 0.25) is 0 Å². The number of ketones is 1. The second-order valence-corrected chi connectivity index (χ2v) is 3.20. The molecule has 0 aliphatic heterocycles. The molecule has 0 aromatic heterocycles. The summed E-state index contributed by atoms with van der Waals surface area (Å²) < 4.78 is 12.9. The van der Waals surface area contributed by atoms with Crippen molar-refractivity contribution in [3.05, 3.63) is 33.6 Å². The fourth-order valence-corrected chi connectivity index (χ4v) is 1.32. The maximum atomic E-state index is 12.9. The van der Waals surface area contributed by atoms with Crippen LogP contribution in [0.1, 0.15) is 10.4 Å². The van der Waals surface area contributed by atoms with Gasteiger partial charge in [-0.2, -0.15) is 0 Å². The van der Waals surface area contributed by atoms with Gasteiger partial charge in [0, 0.05) is 5.56 Å². The Labute approximate surface area is 96.6 Å². The minimum absolute atomic E-state index is 0. The molecule has 0 unspecified atom stereocenters. The molecule has 1 aromatic rings. The predicted octanol–water partition coefficient (Wildman–Crippen LogP) is 2.70. The average molecular weight is 259 g/mol. The summed E-state index contributed by atoms with van der Waals surface area (Å²) in [7, 11) is 0. The van der Waals surface area contributed by atoms with E-state index in [9.17, 15) is 9.18 Å². The second-order valence-electron chi connectivity index (χ2n) is 2.38. The van der Waals surface area contributed by atoms with Gasteiger partial charge in [0.15, 0.2) is 11.6 Å². The molecule has 0 saturated heterocycles. The molecule has 14 heavy (non-hydrogen) atoms. The summed E-state index contributed by atoms with van der Waals surface area (Å²) >= 11 is 10.9. The smallest absolute Gasteiger partial charge is 0.176 e. The summed E-state index contributed by atoms with van der Waals surface area (Å²) in [5, 5.41) is -0.353. The van der Waals surface area contributed by atoms with Gasteiger partial charge in [-0.05, 0) is 12.1 Å².